The first-order valence-electron chi connectivity index (χ1n) is 4.12. The molecule has 0 radical (unpaired) electrons. The molecule has 0 saturated heterocycles. The van der Waals surface area contributed by atoms with Crippen LogP contribution in [0.3, 0.4) is 0 Å². The van der Waals surface area contributed by atoms with Crippen LogP contribution in [0.1, 0.15) is 12.8 Å². The van der Waals surface area contributed by atoms with Gasteiger partial charge < -0.3 is 10.2 Å². The van der Waals surface area contributed by atoms with Crippen LogP contribution < -0.4 is 0 Å². The molecule has 4 heteroatoms. The molecule has 1 rings (SSSR count). The third-order valence-corrected chi connectivity index (χ3v) is 1.80. The molecule has 0 aromatic rings. The van der Waals surface area contributed by atoms with Crippen LogP contribution in [0.25, 0.3) is 0 Å². The summed E-state index contributed by atoms with van der Waals surface area (Å²) in [4.78, 5) is 21.0. The minimum absolute atomic E-state index is 0.0722. The van der Waals surface area contributed by atoms with E-state index in [1.165, 1.54) is 12.2 Å². The van der Waals surface area contributed by atoms with E-state index in [1.807, 2.05) is 0 Å². The maximum Gasteiger partial charge on any atom is 0.335 e. The van der Waals surface area contributed by atoms with Gasteiger partial charge in [-0.2, -0.15) is 0 Å². The van der Waals surface area contributed by atoms with Crippen molar-refractivity contribution in [2.45, 2.75) is 12.8 Å². The van der Waals surface area contributed by atoms with E-state index >= 15 is 0 Å². The molecule has 1 aliphatic carbocycles. The zero-order valence-corrected chi connectivity index (χ0v) is 7.43. The molecule has 0 aliphatic heterocycles. The lowest BCUT2D eigenvalue weighted by molar-refractivity contribution is -0.136. The van der Waals surface area contributed by atoms with E-state index in [1.54, 1.807) is 12.2 Å². The monoisotopic (exact) mass is 194 g/mol. The van der Waals surface area contributed by atoms with Crippen LogP contribution in [0.4, 0.5) is 0 Å². The van der Waals surface area contributed by atoms with Crippen molar-refractivity contribution in [1.82, 2.24) is 0 Å². The highest BCUT2D eigenvalue weighted by molar-refractivity contribution is 5.90. The summed E-state index contributed by atoms with van der Waals surface area (Å²) in [6.45, 7) is 0. The molecule has 0 fully saturated rings. The minimum atomic E-state index is -0.994. The second-order valence-corrected chi connectivity index (χ2v) is 2.88. The van der Waals surface area contributed by atoms with E-state index < -0.39 is 11.9 Å². The van der Waals surface area contributed by atoms with Crippen molar-refractivity contribution in [3.05, 3.63) is 35.5 Å². The topological polar surface area (TPSA) is 74.6 Å². The van der Waals surface area contributed by atoms with Crippen LogP contribution >= 0.6 is 0 Å². The van der Waals surface area contributed by atoms with Gasteiger partial charge >= 0.3 is 11.9 Å². The van der Waals surface area contributed by atoms with E-state index in [9.17, 15) is 9.59 Å². The fourth-order valence-electron chi connectivity index (χ4n) is 1.13. The molecule has 1 aliphatic rings. The van der Waals surface area contributed by atoms with Gasteiger partial charge in [0.1, 0.15) is 0 Å². The molecular weight excluding hydrogens is 184 g/mol. The zero-order valence-electron chi connectivity index (χ0n) is 7.43. The van der Waals surface area contributed by atoms with E-state index in [-0.39, 0.29) is 12.0 Å². The standard InChI is InChI=1S/C10H10O4/c11-9(12)6-7-2-1-3-8(5-4-7)10(13)14/h2-5H,1,6H2,(H,11,12)(H,13,14). The second kappa shape index (κ2) is 4.41. The van der Waals surface area contributed by atoms with Crippen LogP contribution in [-0.4, -0.2) is 22.2 Å². The number of carbonyl (C=O) groups is 2. The van der Waals surface area contributed by atoms with Gasteiger partial charge in [0.2, 0.25) is 0 Å². The highest BCUT2D eigenvalue weighted by Crippen LogP contribution is 2.13. The zero-order chi connectivity index (χ0) is 10.6. The van der Waals surface area contributed by atoms with Gasteiger partial charge in [-0.3, -0.25) is 4.79 Å². The van der Waals surface area contributed by atoms with Crippen molar-refractivity contribution in [3.63, 3.8) is 0 Å². The number of carboxylic acid groups (broad SMARTS) is 2. The Balaban J connectivity index is 2.72. The van der Waals surface area contributed by atoms with Gasteiger partial charge in [0.25, 0.3) is 0 Å². The largest absolute Gasteiger partial charge is 0.481 e. The molecule has 0 aromatic heterocycles. The molecule has 4 nitrogen and oxygen atoms in total. The Hall–Kier alpha value is -1.84. The summed E-state index contributed by atoms with van der Waals surface area (Å²) in [6, 6.07) is 0. The first kappa shape index (κ1) is 10.2. The summed E-state index contributed by atoms with van der Waals surface area (Å²) in [5.74, 6) is -1.91. The van der Waals surface area contributed by atoms with Gasteiger partial charge in [-0.05, 0) is 18.1 Å². The molecule has 14 heavy (non-hydrogen) atoms. The maximum absolute atomic E-state index is 10.6. The lowest BCUT2D eigenvalue weighted by Gasteiger charge is -1.94. The predicted molar refractivity (Wildman–Crippen MR) is 49.8 cm³/mol. The van der Waals surface area contributed by atoms with Crippen LogP contribution in [0.5, 0.6) is 0 Å². The number of hydrogen-bond donors (Lipinski definition) is 2. The Labute approximate surface area is 80.9 Å². The molecule has 0 saturated carbocycles. The third kappa shape index (κ3) is 2.90. The minimum Gasteiger partial charge on any atom is -0.481 e. The summed E-state index contributed by atoms with van der Waals surface area (Å²) in [7, 11) is 0. The van der Waals surface area contributed by atoms with Crippen molar-refractivity contribution in [2.24, 2.45) is 0 Å². The normalized spacial score (nSPS) is 15.4. The number of rotatable bonds is 3. The third-order valence-electron chi connectivity index (χ3n) is 1.80. The molecule has 0 aromatic carbocycles. The van der Waals surface area contributed by atoms with Crippen molar-refractivity contribution in [1.29, 1.82) is 0 Å². The molecule has 0 amide bonds. The quantitative estimate of drug-likeness (QED) is 0.711. The summed E-state index contributed by atoms with van der Waals surface area (Å²) in [5, 5.41) is 17.2. The Morgan fingerprint density at radius 3 is 2.50 bits per heavy atom. The highest BCUT2D eigenvalue weighted by Gasteiger charge is 2.07. The van der Waals surface area contributed by atoms with Crippen LogP contribution in [0, 0.1) is 0 Å². The molecule has 0 unspecified atom stereocenters. The number of aliphatic carboxylic acids is 2. The van der Waals surface area contributed by atoms with E-state index in [0.29, 0.717) is 12.0 Å². The first-order chi connectivity index (χ1) is 6.59. The smallest absolute Gasteiger partial charge is 0.335 e. The average molecular weight is 194 g/mol. The Kier molecular flexibility index (Phi) is 3.23. The number of carboxylic acids is 2. The van der Waals surface area contributed by atoms with E-state index in [2.05, 4.69) is 0 Å². The van der Waals surface area contributed by atoms with Crippen molar-refractivity contribution in [2.75, 3.05) is 0 Å². The molecule has 0 atom stereocenters. The van der Waals surface area contributed by atoms with Gasteiger partial charge in [0.05, 0.1) is 12.0 Å². The summed E-state index contributed by atoms with van der Waals surface area (Å²) in [6.07, 6.45) is 6.59. The Morgan fingerprint density at radius 2 is 1.93 bits per heavy atom. The number of hydrogen-bond acceptors (Lipinski definition) is 2. The molecule has 0 heterocycles. The van der Waals surface area contributed by atoms with Crippen molar-refractivity contribution in [3.8, 4) is 0 Å². The van der Waals surface area contributed by atoms with Gasteiger partial charge in [-0.1, -0.05) is 18.2 Å². The molecule has 0 spiro atoms. The summed E-state index contributed by atoms with van der Waals surface area (Å²) in [5.41, 5.74) is 0.826. The molecular formula is C10H10O4. The Morgan fingerprint density at radius 1 is 1.21 bits per heavy atom. The molecule has 0 bridgehead atoms. The number of allylic oxidation sites excluding steroid dienone is 3. The lowest BCUT2D eigenvalue weighted by atomic mass is 10.1. The summed E-state index contributed by atoms with van der Waals surface area (Å²) >= 11 is 0. The van der Waals surface area contributed by atoms with E-state index in [0.717, 1.165) is 0 Å². The molecule has 74 valence electrons. The second-order valence-electron chi connectivity index (χ2n) is 2.88. The summed E-state index contributed by atoms with van der Waals surface area (Å²) < 4.78 is 0. The predicted octanol–water partition coefficient (Wildman–Crippen LogP) is 1.36. The maximum atomic E-state index is 10.6. The average Bonchev–Trinajstić information content (AvgIpc) is 2.28. The van der Waals surface area contributed by atoms with Gasteiger partial charge in [0.15, 0.2) is 0 Å². The SMILES string of the molecule is O=C(O)CC1=CCC=C(C(=O)O)C=C1. The van der Waals surface area contributed by atoms with Crippen molar-refractivity contribution < 1.29 is 19.8 Å². The first-order valence-corrected chi connectivity index (χ1v) is 4.12. The van der Waals surface area contributed by atoms with Gasteiger partial charge in [-0.15, -0.1) is 0 Å². The lowest BCUT2D eigenvalue weighted by Crippen LogP contribution is -1.97. The fourth-order valence-corrected chi connectivity index (χ4v) is 1.13. The van der Waals surface area contributed by atoms with Crippen LogP contribution in [0.2, 0.25) is 0 Å². The van der Waals surface area contributed by atoms with Crippen LogP contribution in [-0.2, 0) is 9.59 Å². The van der Waals surface area contributed by atoms with Crippen LogP contribution in [0.15, 0.2) is 35.5 Å². The van der Waals surface area contributed by atoms with Gasteiger partial charge in [0, 0.05) is 0 Å². The highest BCUT2D eigenvalue weighted by atomic mass is 16.4. The van der Waals surface area contributed by atoms with Crippen molar-refractivity contribution >= 4 is 11.9 Å². The van der Waals surface area contributed by atoms with E-state index in [4.69, 9.17) is 10.2 Å². The Bertz CT molecular complexity index is 347. The van der Waals surface area contributed by atoms with Gasteiger partial charge in [-0.25, -0.2) is 4.79 Å². The fraction of sp³-hybridized carbons (Fsp3) is 0.200. The molecule has 2 N–H and O–H groups in total.